The molecule has 2 aromatic rings. The summed E-state index contributed by atoms with van der Waals surface area (Å²) in [6.07, 6.45) is 4.85. The lowest BCUT2D eigenvalue weighted by molar-refractivity contribution is 0.0969. The molecule has 0 atom stereocenters. The van der Waals surface area contributed by atoms with Gasteiger partial charge in [-0.1, -0.05) is 37.0 Å². The molecule has 0 aliphatic heterocycles. The fourth-order valence-electron chi connectivity index (χ4n) is 3.67. The Bertz CT molecular complexity index is 781. The lowest BCUT2D eigenvalue weighted by Gasteiger charge is -2.35. The van der Waals surface area contributed by atoms with Crippen molar-refractivity contribution in [2.45, 2.75) is 52.0 Å². The molecule has 2 aromatic carbocycles. The van der Waals surface area contributed by atoms with Crippen molar-refractivity contribution < 1.29 is 13.6 Å². The summed E-state index contributed by atoms with van der Waals surface area (Å²) < 4.78 is 27.8. The molecule has 0 aromatic heterocycles. The number of hydrogen-bond donors (Lipinski definition) is 0. The smallest absolute Gasteiger partial charge is 0.258 e. The van der Waals surface area contributed by atoms with Gasteiger partial charge in [0.1, 0.15) is 11.6 Å². The SMILES string of the molecule is Cc1ccc(C(=O)N(c2ccc(F)cc2F)C2CCCCC2)c(C)c1. The van der Waals surface area contributed by atoms with E-state index in [1.165, 1.54) is 12.1 Å². The molecule has 0 radical (unpaired) electrons. The van der Waals surface area contributed by atoms with Gasteiger partial charge >= 0.3 is 0 Å². The summed E-state index contributed by atoms with van der Waals surface area (Å²) in [5.41, 5.74) is 2.68. The topological polar surface area (TPSA) is 20.3 Å². The first-order valence-electron chi connectivity index (χ1n) is 8.83. The maximum Gasteiger partial charge on any atom is 0.258 e. The van der Waals surface area contributed by atoms with E-state index in [-0.39, 0.29) is 17.6 Å². The second kappa shape index (κ2) is 7.34. The number of anilines is 1. The van der Waals surface area contributed by atoms with Gasteiger partial charge in [-0.3, -0.25) is 4.79 Å². The Morgan fingerprint density at radius 1 is 1.00 bits per heavy atom. The van der Waals surface area contributed by atoms with Crippen molar-refractivity contribution in [1.82, 2.24) is 0 Å². The van der Waals surface area contributed by atoms with Crippen molar-refractivity contribution in [3.8, 4) is 0 Å². The molecular weight excluding hydrogens is 320 g/mol. The van der Waals surface area contributed by atoms with Gasteiger partial charge in [-0.05, 0) is 50.5 Å². The van der Waals surface area contributed by atoms with Gasteiger partial charge in [0, 0.05) is 17.7 Å². The first-order valence-corrected chi connectivity index (χ1v) is 8.83. The maximum absolute atomic E-state index is 14.5. The minimum Gasteiger partial charge on any atom is -0.302 e. The molecule has 0 bridgehead atoms. The van der Waals surface area contributed by atoms with Gasteiger partial charge in [-0.15, -0.1) is 0 Å². The quantitative estimate of drug-likeness (QED) is 0.714. The molecule has 0 unspecified atom stereocenters. The normalized spacial score (nSPS) is 15.2. The van der Waals surface area contributed by atoms with Gasteiger partial charge in [0.15, 0.2) is 0 Å². The van der Waals surface area contributed by atoms with Crippen LogP contribution in [0, 0.1) is 25.5 Å². The standard InChI is InChI=1S/C21H23F2NO/c1-14-8-10-18(15(2)12-14)21(25)24(17-6-4-3-5-7-17)20-11-9-16(22)13-19(20)23/h8-13,17H,3-7H2,1-2H3. The minimum atomic E-state index is -0.691. The Hall–Kier alpha value is -2.23. The zero-order valence-electron chi connectivity index (χ0n) is 14.7. The summed E-state index contributed by atoms with van der Waals surface area (Å²) in [4.78, 5) is 14.8. The van der Waals surface area contributed by atoms with Crippen LogP contribution in [0.3, 0.4) is 0 Å². The van der Waals surface area contributed by atoms with Crippen LogP contribution in [0.5, 0.6) is 0 Å². The first-order chi connectivity index (χ1) is 12.0. The number of carbonyl (C=O) groups is 1. The summed E-state index contributed by atoms with van der Waals surface area (Å²) in [5.74, 6) is -1.54. The molecule has 1 aliphatic rings. The van der Waals surface area contributed by atoms with Crippen LogP contribution in [-0.4, -0.2) is 11.9 Å². The molecule has 0 heterocycles. The lowest BCUT2D eigenvalue weighted by atomic mass is 9.92. The van der Waals surface area contributed by atoms with Crippen LogP contribution in [0.1, 0.15) is 53.6 Å². The average Bonchev–Trinajstić information content (AvgIpc) is 2.58. The van der Waals surface area contributed by atoms with Crippen molar-refractivity contribution >= 4 is 11.6 Å². The van der Waals surface area contributed by atoms with E-state index >= 15 is 0 Å². The number of carbonyl (C=O) groups excluding carboxylic acids is 1. The van der Waals surface area contributed by atoms with Gasteiger partial charge in [-0.2, -0.15) is 0 Å². The fraction of sp³-hybridized carbons (Fsp3) is 0.381. The Labute approximate surface area is 147 Å². The second-order valence-corrected chi connectivity index (χ2v) is 6.88. The molecule has 0 saturated heterocycles. The predicted molar refractivity (Wildman–Crippen MR) is 96.0 cm³/mol. The highest BCUT2D eigenvalue weighted by atomic mass is 19.1. The van der Waals surface area contributed by atoms with E-state index in [9.17, 15) is 13.6 Å². The third-order valence-electron chi connectivity index (χ3n) is 4.94. The van der Waals surface area contributed by atoms with Crippen molar-refractivity contribution in [2.24, 2.45) is 0 Å². The molecule has 2 nitrogen and oxygen atoms in total. The number of amides is 1. The molecule has 0 N–H and O–H groups in total. The fourth-order valence-corrected chi connectivity index (χ4v) is 3.67. The van der Waals surface area contributed by atoms with Gasteiger partial charge in [0.2, 0.25) is 0 Å². The van der Waals surface area contributed by atoms with Gasteiger partial charge in [-0.25, -0.2) is 8.78 Å². The number of nitrogens with zero attached hydrogens (tertiary/aromatic N) is 1. The van der Waals surface area contributed by atoms with E-state index in [0.717, 1.165) is 49.3 Å². The molecule has 25 heavy (non-hydrogen) atoms. The highest BCUT2D eigenvalue weighted by Crippen LogP contribution is 2.31. The highest BCUT2D eigenvalue weighted by molar-refractivity contribution is 6.07. The van der Waals surface area contributed by atoms with Crippen LogP contribution >= 0.6 is 0 Å². The Kier molecular flexibility index (Phi) is 5.16. The summed E-state index contributed by atoms with van der Waals surface area (Å²) >= 11 is 0. The molecule has 132 valence electrons. The molecule has 1 aliphatic carbocycles. The first kappa shape index (κ1) is 17.6. The van der Waals surface area contributed by atoms with E-state index < -0.39 is 11.6 Å². The molecule has 4 heteroatoms. The van der Waals surface area contributed by atoms with Crippen molar-refractivity contribution in [3.05, 3.63) is 64.7 Å². The largest absolute Gasteiger partial charge is 0.302 e. The van der Waals surface area contributed by atoms with E-state index in [2.05, 4.69) is 0 Å². The van der Waals surface area contributed by atoms with Crippen LogP contribution in [0.25, 0.3) is 0 Å². The number of halogens is 2. The van der Waals surface area contributed by atoms with Crippen LogP contribution in [-0.2, 0) is 0 Å². The second-order valence-electron chi connectivity index (χ2n) is 6.88. The molecule has 1 fully saturated rings. The number of rotatable bonds is 3. The zero-order valence-corrected chi connectivity index (χ0v) is 14.7. The molecule has 1 saturated carbocycles. The monoisotopic (exact) mass is 343 g/mol. The van der Waals surface area contributed by atoms with Crippen molar-refractivity contribution in [2.75, 3.05) is 4.90 Å². The third kappa shape index (κ3) is 3.73. The Balaban J connectivity index is 2.05. The lowest BCUT2D eigenvalue weighted by Crippen LogP contribution is -2.42. The summed E-state index contributed by atoms with van der Waals surface area (Å²) in [6, 6.07) is 9.02. The molecule has 1 amide bonds. The van der Waals surface area contributed by atoms with E-state index in [1.54, 1.807) is 11.0 Å². The third-order valence-corrected chi connectivity index (χ3v) is 4.94. The van der Waals surface area contributed by atoms with E-state index in [0.29, 0.717) is 5.56 Å². The van der Waals surface area contributed by atoms with Gasteiger partial charge < -0.3 is 4.90 Å². The summed E-state index contributed by atoms with van der Waals surface area (Å²) in [7, 11) is 0. The predicted octanol–water partition coefficient (Wildman–Crippen LogP) is 5.56. The molecule has 0 spiro atoms. The number of hydrogen-bond acceptors (Lipinski definition) is 1. The van der Waals surface area contributed by atoms with Gasteiger partial charge in [0.05, 0.1) is 5.69 Å². The highest BCUT2D eigenvalue weighted by Gasteiger charge is 2.30. The summed E-state index contributed by atoms with van der Waals surface area (Å²) in [5, 5.41) is 0. The average molecular weight is 343 g/mol. The van der Waals surface area contributed by atoms with Crippen molar-refractivity contribution in [3.63, 3.8) is 0 Å². The van der Waals surface area contributed by atoms with Crippen LogP contribution in [0.2, 0.25) is 0 Å². The number of aryl methyl sites for hydroxylation is 2. The Morgan fingerprint density at radius 3 is 2.36 bits per heavy atom. The number of benzene rings is 2. The minimum absolute atomic E-state index is 0.0538. The van der Waals surface area contributed by atoms with E-state index in [1.807, 2.05) is 26.0 Å². The molecular formula is C21H23F2NO. The van der Waals surface area contributed by atoms with Crippen LogP contribution in [0.4, 0.5) is 14.5 Å². The van der Waals surface area contributed by atoms with Crippen LogP contribution < -0.4 is 4.90 Å². The van der Waals surface area contributed by atoms with Crippen molar-refractivity contribution in [1.29, 1.82) is 0 Å². The molecule has 3 rings (SSSR count). The van der Waals surface area contributed by atoms with E-state index in [4.69, 9.17) is 0 Å². The van der Waals surface area contributed by atoms with Gasteiger partial charge in [0.25, 0.3) is 5.91 Å². The van der Waals surface area contributed by atoms with Crippen LogP contribution in [0.15, 0.2) is 36.4 Å². The zero-order chi connectivity index (χ0) is 18.0. The summed E-state index contributed by atoms with van der Waals surface area (Å²) in [6.45, 7) is 3.86. The Morgan fingerprint density at radius 2 is 1.72 bits per heavy atom. The maximum atomic E-state index is 14.5.